The Bertz CT molecular complexity index is 289. The number of urea groups is 1. The molecule has 1 fully saturated rings. The molecule has 1 aliphatic heterocycles. The predicted molar refractivity (Wildman–Crippen MR) is 72.9 cm³/mol. The number of piperidine rings is 1. The summed E-state index contributed by atoms with van der Waals surface area (Å²) in [6.45, 7) is 4.60. The molecule has 110 valence electrons. The van der Waals surface area contributed by atoms with Crippen LogP contribution in [0, 0.1) is 0 Å². The molecular formula is C13H25N3O3. The molecule has 19 heavy (non-hydrogen) atoms. The average molecular weight is 271 g/mol. The van der Waals surface area contributed by atoms with E-state index in [0.717, 1.165) is 38.8 Å². The highest BCUT2D eigenvalue weighted by atomic mass is 16.5. The Hall–Kier alpha value is -1.14. The summed E-state index contributed by atoms with van der Waals surface area (Å²) in [6, 6.07) is -0.398. The number of unbranched alkanes of at least 4 members (excludes halogenated alkanes) is 1. The van der Waals surface area contributed by atoms with E-state index in [1.54, 1.807) is 7.11 Å². The Morgan fingerprint density at radius 3 is 2.58 bits per heavy atom. The van der Waals surface area contributed by atoms with Gasteiger partial charge in [0.1, 0.15) is 0 Å². The zero-order valence-corrected chi connectivity index (χ0v) is 11.9. The first kappa shape index (κ1) is 15.9. The molecule has 1 rings (SSSR count). The van der Waals surface area contributed by atoms with E-state index in [-0.39, 0.29) is 12.5 Å². The topological polar surface area (TPSA) is 70.7 Å². The summed E-state index contributed by atoms with van der Waals surface area (Å²) in [6.07, 6.45) is 4.12. The lowest BCUT2D eigenvalue weighted by molar-refractivity contribution is -0.121. The largest absolute Gasteiger partial charge is 0.381 e. The summed E-state index contributed by atoms with van der Waals surface area (Å²) in [5.74, 6) is -0.245. The molecule has 0 aliphatic carbocycles. The second kappa shape index (κ2) is 8.87. The lowest BCUT2D eigenvalue weighted by Gasteiger charge is -2.30. The van der Waals surface area contributed by atoms with Crippen LogP contribution in [0.15, 0.2) is 0 Å². The van der Waals surface area contributed by atoms with Crippen LogP contribution < -0.4 is 10.6 Å². The van der Waals surface area contributed by atoms with Gasteiger partial charge in [0.2, 0.25) is 5.91 Å². The van der Waals surface area contributed by atoms with Gasteiger partial charge in [0.25, 0.3) is 0 Å². The SMILES string of the molecule is CCCCNC(=O)NC(=O)CN1CCC(OC)CC1. The predicted octanol–water partition coefficient (Wildman–Crippen LogP) is 0.723. The maximum absolute atomic E-state index is 11.7. The molecule has 1 aliphatic rings. The molecule has 6 nitrogen and oxygen atoms in total. The van der Waals surface area contributed by atoms with Crippen LogP contribution in [0.2, 0.25) is 0 Å². The van der Waals surface area contributed by atoms with E-state index in [0.29, 0.717) is 12.6 Å². The fourth-order valence-electron chi connectivity index (χ4n) is 2.10. The monoisotopic (exact) mass is 271 g/mol. The lowest BCUT2D eigenvalue weighted by Crippen LogP contribution is -2.47. The molecule has 0 radical (unpaired) electrons. The lowest BCUT2D eigenvalue weighted by atomic mass is 10.1. The summed E-state index contributed by atoms with van der Waals surface area (Å²) in [5.41, 5.74) is 0. The molecule has 0 saturated carbocycles. The first-order valence-electron chi connectivity index (χ1n) is 6.98. The molecule has 3 amide bonds. The molecule has 1 saturated heterocycles. The van der Waals surface area contributed by atoms with Gasteiger partial charge in [-0.2, -0.15) is 0 Å². The van der Waals surface area contributed by atoms with Gasteiger partial charge in [-0.05, 0) is 19.3 Å². The van der Waals surface area contributed by atoms with Gasteiger partial charge in [0, 0.05) is 26.7 Å². The molecule has 0 aromatic heterocycles. The summed E-state index contributed by atoms with van der Waals surface area (Å²) < 4.78 is 5.27. The standard InChI is InChI=1S/C13H25N3O3/c1-3-4-7-14-13(18)15-12(17)10-16-8-5-11(19-2)6-9-16/h11H,3-10H2,1-2H3,(H2,14,15,17,18). The molecule has 0 spiro atoms. The van der Waals surface area contributed by atoms with Crippen molar-refractivity contribution in [3.05, 3.63) is 0 Å². The first-order valence-corrected chi connectivity index (χ1v) is 6.98. The van der Waals surface area contributed by atoms with Crippen LogP contribution in [0.1, 0.15) is 32.6 Å². The van der Waals surface area contributed by atoms with Crippen molar-refractivity contribution in [3.8, 4) is 0 Å². The van der Waals surface area contributed by atoms with Gasteiger partial charge < -0.3 is 10.1 Å². The summed E-state index contributed by atoms with van der Waals surface area (Å²) >= 11 is 0. The zero-order chi connectivity index (χ0) is 14.1. The number of carbonyl (C=O) groups is 2. The van der Waals surface area contributed by atoms with E-state index >= 15 is 0 Å². The van der Waals surface area contributed by atoms with Crippen molar-refractivity contribution < 1.29 is 14.3 Å². The number of hydrogen-bond acceptors (Lipinski definition) is 4. The van der Waals surface area contributed by atoms with Crippen LogP contribution in [-0.2, 0) is 9.53 Å². The van der Waals surface area contributed by atoms with E-state index in [2.05, 4.69) is 10.6 Å². The molecule has 1 heterocycles. The van der Waals surface area contributed by atoms with Gasteiger partial charge in [-0.1, -0.05) is 13.3 Å². The number of hydrogen-bond donors (Lipinski definition) is 2. The van der Waals surface area contributed by atoms with Crippen LogP contribution >= 0.6 is 0 Å². The smallest absolute Gasteiger partial charge is 0.321 e. The van der Waals surface area contributed by atoms with Crippen LogP contribution in [0.5, 0.6) is 0 Å². The number of likely N-dealkylation sites (tertiary alicyclic amines) is 1. The Balaban J connectivity index is 2.15. The molecule has 0 aromatic rings. The van der Waals surface area contributed by atoms with E-state index in [1.165, 1.54) is 0 Å². The number of methoxy groups -OCH3 is 1. The zero-order valence-electron chi connectivity index (χ0n) is 11.9. The Morgan fingerprint density at radius 1 is 1.32 bits per heavy atom. The van der Waals surface area contributed by atoms with Crippen molar-refractivity contribution in [2.75, 3.05) is 33.3 Å². The third-order valence-electron chi connectivity index (χ3n) is 3.30. The summed E-state index contributed by atoms with van der Waals surface area (Å²) in [7, 11) is 1.72. The van der Waals surface area contributed by atoms with E-state index in [1.807, 2.05) is 11.8 Å². The number of nitrogens with one attached hydrogen (secondary N) is 2. The molecular weight excluding hydrogens is 246 g/mol. The average Bonchev–Trinajstić information content (AvgIpc) is 2.39. The van der Waals surface area contributed by atoms with E-state index in [9.17, 15) is 9.59 Å². The Kier molecular flexibility index (Phi) is 7.43. The third kappa shape index (κ3) is 6.54. The second-order valence-electron chi connectivity index (χ2n) is 4.87. The second-order valence-corrected chi connectivity index (χ2v) is 4.87. The van der Waals surface area contributed by atoms with Gasteiger partial charge in [-0.15, -0.1) is 0 Å². The van der Waals surface area contributed by atoms with Crippen molar-refractivity contribution >= 4 is 11.9 Å². The van der Waals surface area contributed by atoms with E-state index in [4.69, 9.17) is 4.74 Å². The van der Waals surface area contributed by atoms with Crippen molar-refractivity contribution in [1.82, 2.24) is 15.5 Å². The minimum Gasteiger partial charge on any atom is -0.381 e. The summed E-state index contributed by atoms with van der Waals surface area (Å²) in [4.78, 5) is 25.1. The highest BCUT2D eigenvalue weighted by Crippen LogP contribution is 2.11. The molecule has 6 heteroatoms. The van der Waals surface area contributed by atoms with Gasteiger partial charge in [-0.25, -0.2) is 4.79 Å². The van der Waals surface area contributed by atoms with Crippen LogP contribution in [0.4, 0.5) is 4.79 Å². The fraction of sp³-hybridized carbons (Fsp3) is 0.846. The number of nitrogens with zero attached hydrogens (tertiary/aromatic N) is 1. The number of ether oxygens (including phenoxy) is 1. The summed E-state index contributed by atoms with van der Waals surface area (Å²) in [5, 5.41) is 5.01. The molecule has 2 N–H and O–H groups in total. The minimum atomic E-state index is -0.398. The molecule has 0 bridgehead atoms. The van der Waals surface area contributed by atoms with Crippen LogP contribution in [-0.4, -0.2) is 56.2 Å². The number of imide groups is 1. The van der Waals surface area contributed by atoms with Crippen LogP contribution in [0.25, 0.3) is 0 Å². The Labute approximate surface area is 114 Å². The highest BCUT2D eigenvalue weighted by molar-refractivity contribution is 5.95. The molecule has 0 atom stereocenters. The normalized spacial score (nSPS) is 17.2. The maximum atomic E-state index is 11.7. The Morgan fingerprint density at radius 2 is 2.00 bits per heavy atom. The van der Waals surface area contributed by atoms with Gasteiger partial charge in [0.15, 0.2) is 0 Å². The molecule has 0 unspecified atom stereocenters. The van der Waals surface area contributed by atoms with Crippen molar-refractivity contribution in [1.29, 1.82) is 0 Å². The quantitative estimate of drug-likeness (QED) is 0.698. The molecule has 0 aromatic carbocycles. The third-order valence-corrected chi connectivity index (χ3v) is 3.30. The van der Waals surface area contributed by atoms with Crippen molar-refractivity contribution in [2.24, 2.45) is 0 Å². The van der Waals surface area contributed by atoms with Crippen molar-refractivity contribution in [2.45, 2.75) is 38.7 Å². The van der Waals surface area contributed by atoms with Crippen LogP contribution in [0.3, 0.4) is 0 Å². The minimum absolute atomic E-state index is 0.245. The van der Waals surface area contributed by atoms with E-state index < -0.39 is 6.03 Å². The maximum Gasteiger partial charge on any atom is 0.321 e. The van der Waals surface area contributed by atoms with Gasteiger partial charge >= 0.3 is 6.03 Å². The van der Waals surface area contributed by atoms with Gasteiger partial charge in [-0.3, -0.25) is 15.0 Å². The number of amides is 3. The fourth-order valence-corrected chi connectivity index (χ4v) is 2.10. The van der Waals surface area contributed by atoms with Crippen molar-refractivity contribution in [3.63, 3.8) is 0 Å². The number of carbonyl (C=O) groups excluding carboxylic acids is 2. The number of rotatable bonds is 6. The highest BCUT2D eigenvalue weighted by Gasteiger charge is 2.20. The first-order chi connectivity index (χ1) is 9.15. The van der Waals surface area contributed by atoms with Gasteiger partial charge in [0.05, 0.1) is 12.6 Å².